The summed E-state index contributed by atoms with van der Waals surface area (Å²) in [5, 5.41) is 9.06. The number of allylic oxidation sites excluding steroid dienone is 2. The normalized spacial score (nSPS) is 21.7. The van der Waals surface area contributed by atoms with Gasteiger partial charge in [0.2, 0.25) is 0 Å². The Labute approximate surface area is 203 Å². The SMILES string of the molecule is COc1cc(C2C3=C(CCCC3=O)N=C3CCCC(=O)C32)ccc1OCc1ccc(C(=O)O)cc1. The number of hydrogen-bond acceptors (Lipinski definition) is 6. The van der Waals surface area contributed by atoms with E-state index in [9.17, 15) is 14.4 Å². The van der Waals surface area contributed by atoms with Crippen molar-refractivity contribution in [1.82, 2.24) is 0 Å². The Morgan fingerprint density at radius 2 is 1.74 bits per heavy atom. The van der Waals surface area contributed by atoms with E-state index in [2.05, 4.69) is 0 Å². The molecule has 1 aliphatic heterocycles. The number of ether oxygens (including phenoxy) is 2. The van der Waals surface area contributed by atoms with Gasteiger partial charge in [0.05, 0.1) is 18.6 Å². The van der Waals surface area contributed by atoms with Crippen LogP contribution in [-0.2, 0) is 16.2 Å². The molecule has 5 rings (SSSR count). The molecule has 0 spiro atoms. The van der Waals surface area contributed by atoms with E-state index in [1.54, 1.807) is 19.2 Å². The third-order valence-corrected chi connectivity index (χ3v) is 7.06. The molecule has 0 aromatic heterocycles. The molecule has 3 aliphatic rings. The van der Waals surface area contributed by atoms with Crippen LogP contribution in [0.4, 0.5) is 0 Å². The topological polar surface area (TPSA) is 102 Å². The second kappa shape index (κ2) is 9.49. The zero-order valence-electron chi connectivity index (χ0n) is 19.6. The van der Waals surface area contributed by atoms with Gasteiger partial charge in [0.1, 0.15) is 12.4 Å². The lowest BCUT2D eigenvalue weighted by molar-refractivity contribution is -0.122. The Bertz CT molecular complexity index is 1260. The van der Waals surface area contributed by atoms with Crippen molar-refractivity contribution < 1.29 is 29.0 Å². The van der Waals surface area contributed by atoms with E-state index in [0.29, 0.717) is 29.9 Å². The van der Waals surface area contributed by atoms with Crippen molar-refractivity contribution in [2.45, 2.75) is 51.0 Å². The highest BCUT2D eigenvalue weighted by molar-refractivity contribution is 6.12. The number of rotatable bonds is 6. The Balaban J connectivity index is 1.45. The number of carboxylic acid groups (broad SMARTS) is 1. The Hall–Kier alpha value is -3.74. The predicted octanol–water partition coefficient (Wildman–Crippen LogP) is 4.89. The summed E-state index contributed by atoms with van der Waals surface area (Å²) in [6.07, 6.45) is 4.15. The van der Waals surface area contributed by atoms with Gasteiger partial charge in [-0.05, 0) is 61.1 Å². The van der Waals surface area contributed by atoms with Crippen LogP contribution in [0, 0.1) is 5.92 Å². The number of hydrogen-bond donors (Lipinski definition) is 1. The van der Waals surface area contributed by atoms with Crippen LogP contribution in [0.15, 0.2) is 58.7 Å². The van der Waals surface area contributed by atoms with Crippen LogP contribution >= 0.6 is 0 Å². The molecular weight excluding hydrogens is 446 g/mol. The zero-order valence-corrected chi connectivity index (χ0v) is 19.6. The molecule has 1 heterocycles. The molecule has 2 aromatic rings. The van der Waals surface area contributed by atoms with Gasteiger partial charge in [0.25, 0.3) is 0 Å². The number of carbonyl (C=O) groups excluding carboxylic acids is 2. The number of carbonyl (C=O) groups is 3. The van der Waals surface area contributed by atoms with Gasteiger partial charge in [-0.15, -0.1) is 0 Å². The van der Waals surface area contributed by atoms with Crippen molar-refractivity contribution in [2.75, 3.05) is 7.11 Å². The average molecular weight is 474 g/mol. The van der Waals surface area contributed by atoms with Crippen LogP contribution in [-0.4, -0.2) is 35.5 Å². The first kappa shape index (κ1) is 23.0. The second-order valence-corrected chi connectivity index (χ2v) is 9.22. The highest BCUT2D eigenvalue weighted by atomic mass is 16.5. The number of aliphatic imine (C=N–C) groups is 1. The maximum absolute atomic E-state index is 13.0. The van der Waals surface area contributed by atoms with Crippen molar-refractivity contribution in [1.29, 1.82) is 0 Å². The molecule has 0 bridgehead atoms. The van der Waals surface area contributed by atoms with E-state index in [-0.39, 0.29) is 29.7 Å². The second-order valence-electron chi connectivity index (χ2n) is 9.22. The molecular formula is C28H27NO6. The molecule has 0 radical (unpaired) electrons. The van der Waals surface area contributed by atoms with Gasteiger partial charge >= 0.3 is 5.97 Å². The third kappa shape index (κ3) is 4.38. The molecule has 7 heteroatoms. The van der Waals surface area contributed by atoms with E-state index in [1.165, 1.54) is 12.1 Å². The molecule has 2 aromatic carbocycles. The summed E-state index contributed by atoms with van der Waals surface area (Å²) in [4.78, 5) is 41.9. The number of benzene rings is 2. The van der Waals surface area contributed by atoms with Crippen LogP contribution in [0.3, 0.4) is 0 Å². The maximum atomic E-state index is 13.0. The van der Waals surface area contributed by atoms with Gasteiger partial charge in [-0.3, -0.25) is 14.6 Å². The Morgan fingerprint density at radius 3 is 2.49 bits per heavy atom. The van der Waals surface area contributed by atoms with Gasteiger partial charge in [-0.2, -0.15) is 0 Å². The molecule has 180 valence electrons. The monoisotopic (exact) mass is 473 g/mol. The summed E-state index contributed by atoms with van der Waals surface area (Å²) in [5.74, 6) is -0.435. The molecule has 35 heavy (non-hydrogen) atoms. The van der Waals surface area contributed by atoms with Crippen molar-refractivity contribution in [3.63, 3.8) is 0 Å². The number of ketones is 2. The first-order chi connectivity index (χ1) is 17.0. The summed E-state index contributed by atoms with van der Waals surface area (Å²) >= 11 is 0. The van der Waals surface area contributed by atoms with Gasteiger partial charge in [-0.25, -0.2) is 4.79 Å². The molecule has 2 atom stereocenters. The molecule has 2 unspecified atom stereocenters. The van der Waals surface area contributed by atoms with Gasteiger partial charge in [0.15, 0.2) is 17.3 Å². The van der Waals surface area contributed by atoms with E-state index in [0.717, 1.165) is 48.2 Å². The van der Waals surface area contributed by atoms with Gasteiger partial charge in [0, 0.05) is 35.7 Å². The van der Waals surface area contributed by atoms with Crippen molar-refractivity contribution in [3.05, 3.63) is 70.4 Å². The molecule has 2 aliphatic carbocycles. The van der Waals surface area contributed by atoms with Crippen LogP contribution in [0.1, 0.15) is 65.9 Å². The fraction of sp³-hybridized carbons (Fsp3) is 0.357. The number of nitrogens with zero attached hydrogens (tertiary/aromatic N) is 1. The average Bonchev–Trinajstić information content (AvgIpc) is 2.87. The summed E-state index contributed by atoms with van der Waals surface area (Å²) < 4.78 is 11.6. The molecule has 7 nitrogen and oxygen atoms in total. The largest absolute Gasteiger partial charge is 0.493 e. The van der Waals surface area contributed by atoms with Crippen LogP contribution in [0.2, 0.25) is 0 Å². The van der Waals surface area contributed by atoms with Gasteiger partial charge < -0.3 is 14.6 Å². The summed E-state index contributed by atoms with van der Waals surface area (Å²) in [5.41, 5.74) is 4.34. The molecule has 1 saturated carbocycles. The summed E-state index contributed by atoms with van der Waals surface area (Å²) in [7, 11) is 1.56. The van der Waals surface area contributed by atoms with Crippen LogP contribution < -0.4 is 9.47 Å². The van der Waals surface area contributed by atoms with E-state index >= 15 is 0 Å². The lowest BCUT2D eigenvalue weighted by Gasteiger charge is -2.38. The minimum atomic E-state index is -0.975. The maximum Gasteiger partial charge on any atom is 0.335 e. The third-order valence-electron chi connectivity index (χ3n) is 7.06. The first-order valence-electron chi connectivity index (χ1n) is 12.0. The van der Waals surface area contributed by atoms with E-state index in [1.807, 2.05) is 18.2 Å². The number of methoxy groups -OCH3 is 1. The number of carboxylic acids is 1. The quantitative estimate of drug-likeness (QED) is 0.641. The summed E-state index contributed by atoms with van der Waals surface area (Å²) in [6.45, 7) is 0.241. The molecule has 0 amide bonds. The van der Waals surface area contributed by atoms with Crippen LogP contribution in [0.25, 0.3) is 0 Å². The van der Waals surface area contributed by atoms with Gasteiger partial charge in [-0.1, -0.05) is 18.2 Å². The highest BCUT2D eigenvalue weighted by Gasteiger charge is 2.44. The minimum absolute atomic E-state index is 0.0847. The van der Waals surface area contributed by atoms with E-state index in [4.69, 9.17) is 19.6 Å². The van der Waals surface area contributed by atoms with E-state index < -0.39 is 11.9 Å². The minimum Gasteiger partial charge on any atom is -0.493 e. The predicted molar refractivity (Wildman–Crippen MR) is 129 cm³/mol. The lowest BCUT2D eigenvalue weighted by Crippen LogP contribution is -2.39. The molecule has 1 fully saturated rings. The Morgan fingerprint density at radius 1 is 0.971 bits per heavy atom. The fourth-order valence-electron chi connectivity index (χ4n) is 5.36. The molecule has 0 saturated heterocycles. The van der Waals surface area contributed by atoms with Crippen molar-refractivity contribution >= 4 is 23.2 Å². The van der Waals surface area contributed by atoms with Crippen molar-refractivity contribution in [2.24, 2.45) is 10.9 Å². The number of aromatic carboxylic acids is 1. The fourth-order valence-corrected chi connectivity index (χ4v) is 5.36. The van der Waals surface area contributed by atoms with Crippen molar-refractivity contribution in [3.8, 4) is 11.5 Å². The lowest BCUT2D eigenvalue weighted by atomic mass is 9.67. The standard InChI is InChI=1S/C28H27NO6/c1-34-24-14-18(12-13-23(24)35-15-16-8-10-17(11-9-16)28(32)33)25-26-19(4-2-6-21(26)30)29-20-5-3-7-22(31)27(20)25/h8-14,25-26H,2-7,15H2,1H3,(H,32,33). The first-order valence-corrected chi connectivity index (χ1v) is 12.0. The zero-order chi connectivity index (χ0) is 24.5. The Kier molecular flexibility index (Phi) is 6.24. The number of Topliss-reactive ketones (excluding diaryl/α,β-unsaturated/α-hetero) is 2. The smallest absolute Gasteiger partial charge is 0.335 e. The molecule has 1 N–H and O–H groups in total. The van der Waals surface area contributed by atoms with Crippen LogP contribution in [0.5, 0.6) is 11.5 Å². The summed E-state index contributed by atoms with van der Waals surface area (Å²) in [6, 6.07) is 12.1. The number of fused-ring (bicyclic) bond motifs is 1. The highest BCUT2D eigenvalue weighted by Crippen LogP contribution is 2.47.